The van der Waals surface area contributed by atoms with Gasteiger partial charge in [0, 0.05) is 10.7 Å². The molecule has 0 atom stereocenters. The fourth-order valence-electron chi connectivity index (χ4n) is 0.852. The maximum Gasteiger partial charge on any atom is 0.0314 e. The molecule has 2 N–H and O–H groups in total. The van der Waals surface area contributed by atoms with Gasteiger partial charge in [-0.2, -0.15) is 0 Å². The van der Waals surface area contributed by atoms with Crippen LogP contribution in [0.2, 0.25) is 0 Å². The normalized spacial score (nSPS) is 20.0. The van der Waals surface area contributed by atoms with Crippen molar-refractivity contribution in [1.82, 2.24) is 0 Å². The van der Waals surface area contributed by atoms with Gasteiger partial charge < -0.3 is 5.73 Å². The van der Waals surface area contributed by atoms with Gasteiger partial charge in [0.25, 0.3) is 0 Å². The SMILES string of the molecule is CC1=C(Cl)CCC=C1N. The van der Waals surface area contributed by atoms with Gasteiger partial charge in [-0.25, -0.2) is 0 Å². The zero-order valence-corrected chi connectivity index (χ0v) is 6.20. The van der Waals surface area contributed by atoms with Crippen molar-refractivity contribution in [2.45, 2.75) is 19.8 Å². The van der Waals surface area contributed by atoms with E-state index < -0.39 is 0 Å². The predicted octanol–water partition coefficient (Wildman–Crippen LogP) is 2.14. The molecule has 0 heterocycles. The van der Waals surface area contributed by atoms with Crippen molar-refractivity contribution in [3.63, 3.8) is 0 Å². The van der Waals surface area contributed by atoms with Gasteiger partial charge in [0.15, 0.2) is 0 Å². The molecule has 0 fully saturated rings. The van der Waals surface area contributed by atoms with Crippen molar-refractivity contribution in [2.24, 2.45) is 5.73 Å². The summed E-state index contributed by atoms with van der Waals surface area (Å²) in [5.41, 5.74) is 7.47. The molecule has 0 aromatic heterocycles. The number of allylic oxidation sites excluding steroid dienone is 3. The molecule has 1 rings (SSSR count). The van der Waals surface area contributed by atoms with Crippen LogP contribution in [0.1, 0.15) is 19.8 Å². The Bertz CT molecular complexity index is 179. The number of hydrogen-bond donors (Lipinski definition) is 1. The van der Waals surface area contributed by atoms with Crippen molar-refractivity contribution in [3.8, 4) is 0 Å². The van der Waals surface area contributed by atoms with Crippen molar-refractivity contribution in [1.29, 1.82) is 0 Å². The molecule has 0 spiro atoms. The Balaban J connectivity index is 2.88. The highest BCUT2D eigenvalue weighted by molar-refractivity contribution is 6.30. The van der Waals surface area contributed by atoms with Crippen molar-refractivity contribution in [3.05, 3.63) is 22.4 Å². The Hall–Kier alpha value is -0.430. The Morgan fingerprint density at radius 2 is 2.33 bits per heavy atom. The third kappa shape index (κ3) is 1.28. The fourth-order valence-corrected chi connectivity index (χ4v) is 1.07. The fraction of sp³-hybridized carbons (Fsp3) is 0.429. The molecule has 0 aromatic carbocycles. The molecule has 0 aromatic rings. The molecule has 0 saturated carbocycles. The van der Waals surface area contributed by atoms with E-state index >= 15 is 0 Å². The molecule has 2 heteroatoms. The molecule has 0 saturated heterocycles. The van der Waals surface area contributed by atoms with E-state index in [-0.39, 0.29) is 0 Å². The summed E-state index contributed by atoms with van der Waals surface area (Å²) in [5.74, 6) is 0. The summed E-state index contributed by atoms with van der Waals surface area (Å²) in [5, 5.41) is 0.912. The van der Waals surface area contributed by atoms with Crippen LogP contribution < -0.4 is 5.73 Å². The number of rotatable bonds is 0. The number of hydrogen-bond acceptors (Lipinski definition) is 1. The summed E-state index contributed by atoms with van der Waals surface area (Å²) in [6.45, 7) is 1.95. The minimum absolute atomic E-state index is 0.839. The van der Waals surface area contributed by atoms with E-state index in [2.05, 4.69) is 0 Å². The number of halogens is 1. The van der Waals surface area contributed by atoms with Gasteiger partial charge in [-0.3, -0.25) is 0 Å². The Kier molecular flexibility index (Phi) is 1.81. The Morgan fingerprint density at radius 1 is 1.67 bits per heavy atom. The summed E-state index contributed by atoms with van der Waals surface area (Å²) in [6, 6.07) is 0. The monoisotopic (exact) mass is 143 g/mol. The van der Waals surface area contributed by atoms with Crippen LogP contribution in [0.5, 0.6) is 0 Å². The summed E-state index contributed by atoms with van der Waals surface area (Å²) in [4.78, 5) is 0. The van der Waals surface area contributed by atoms with Gasteiger partial charge in [0.1, 0.15) is 0 Å². The zero-order valence-electron chi connectivity index (χ0n) is 5.45. The first kappa shape index (κ1) is 6.69. The molecule has 1 aliphatic rings. The lowest BCUT2D eigenvalue weighted by Gasteiger charge is -2.10. The summed E-state index contributed by atoms with van der Waals surface area (Å²) >= 11 is 5.82. The Labute approximate surface area is 60.2 Å². The van der Waals surface area contributed by atoms with Crippen LogP contribution in [0.25, 0.3) is 0 Å². The van der Waals surface area contributed by atoms with Crippen LogP contribution >= 0.6 is 11.6 Å². The van der Waals surface area contributed by atoms with E-state index in [1.165, 1.54) is 0 Å². The molecule has 1 nitrogen and oxygen atoms in total. The molecule has 0 radical (unpaired) electrons. The Morgan fingerprint density at radius 3 is 2.78 bits per heavy atom. The highest BCUT2D eigenvalue weighted by Gasteiger charge is 2.05. The van der Waals surface area contributed by atoms with Crippen LogP contribution in [0.3, 0.4) is 0 Å². The van der Waals surface area contributed by atoms with Crippen LogP contribution in [0.4, 0.5) is 0 Å². The second-order valence-electron chi connectivity index (χ2n) is 2.23. The molecule has 50 valence electrons. The second-order valence-corrected chi connectivity index (χ2v) is 2.68. The quantitative estimate of drug-likeness (QED) is 0.553. The first-order chi connectivity index (χ1) is 4.22. The van der Waals surface area contributed by atoms with Crippen molar-refractivity contribution >= 4 is 11.6 Å². The van der Waals surface area contributed by atoms with Crippen LogP contribution in [-0.4, -0.2) is 0 Å². The van der Waals surface area contributed by atoms with E-state index in [9.17, 15) is 0 Å². The van der Waals surface area contributed by atoms with E-state index in [0.717, 1.165) is 29.1 Å². The van der Waals surface area contributed by atoms with Crippen molar-refractivity contribution in [2.75, 3.05) is 0 Å². The highest BCUT2D eigenvalue weighted by atomic mass is 35.5. The molecule has 0 amide bonds. The van der Waals surface area contributed by atoms with E-state index in [1.807, 2.05) is 13.0 Å². The molecule has 0 unspecified atom stereocenters. The van der Waals surface area contributed by atoms with E-state index in [1.54, 1.807) is 0 Å². The lowest BCUT2D eigenvalue weighted by atomic mass is 10.1. The average molecular weight is 144 g/mol. The lowest BCUT2D eigenvalue weighted by molar-refractivity contribution is 0.963. The van der Waals surface area contributed by atoms with Gasteiger partial charge in [-0.1, -0.05) is 17.7 Å². The minimum Gasteiger partial charge on any atom is -0.399 e. The van der Waals surface area contributed by atoms with Gasteiger partial charge in [0.2, 0.25) is 0 Å². The first-order valence-electron chi connectivity index (χ1n) is 3.03. The smallest absolute Gasteiger partial charge is 0.0314 e. The highest BCUT2D eigenvalue weighted by Crippen LogP contribution is 2.24. The molecule has 0 aliphatic heterocycles. The maximum atomic E-state index is 5.82. The molecular weight excluding hydrogens is 134 g/mol. The van der Waals surface area contributed by atoms with Gasteiger partial charge >= 0.3 is 0 Å². The van der Waals surface area contributed by atoms with Crippen LogP contribution in [0, 0.1) is 0 Å². The topological polar surface area (TPSA) is 26.0 Å². The second kappa shape index (κ2) is 2.44. The van der Waals surface area contributed by atoms with Crippen molar-refractivity contribution < 1.29 is 0 Å². The largest absolute Gasteiger partial charge is 0.399 e. The van der Waals surface area contributed by atoms with Gasteiger partial charge in [0.05, 0.1) is 0 Å². The summed E-state index contributed by atoms with van der Waals surface area (Å²) in [6.07, 6.45) is 3.96. The lowest BCUT2D eigenvalue weighted by Crippen LogP contribution is -2.03. The standard InChI is InChI=1S/C7H10ClN/c1-5-6(8)3-2-4-7(5)9/h4H,2-3,9H2,1H3. The van der Waals surface area contributed by atoms with Crippen LogP contribution in [-0.2, 0) is 0 Å². The van der Waals surface area contributed by atoms with Gasteiger partial charge in [-0.05, 0) is 25.3 Å². The van der Waals surface area contributed by atoms with E-state index in [4.69, 9.17) is 17.3 Å². The first-order valence-corrected chi connectivity index (χ1v) is 3.41. The zero-order chi connectivity index (χ0) is 6.85. The predicted molar refractivity (Wildman–Crippen MR) is 40.1 cm³/mol. The third-order valence-electron chi connectivity index (χ3n) is 1.57. The van der Waals surface area contributed by atoms with Gasteiger partial charge in [-0.15, -0.1) is 0 Å². The molecule has 1 aliphatic carbocycles. The minimum atomic E-state index is 0.839. The summed E-state index contributed by atoms with van der Waals surface area (Å²) < 4.78 is 0. The van der Waals surface area contributed by atoms with Crippen LogP contribution in [0.15, 0.2) is 22.4 Å². The average Bonchev–Trinajstić information content (AvgIpc) is 1.83. The number of nitrogens with two attached hydrogens (primary N) is 1. The summed E-state index contributed by atoms with van der Waals surface area (Å²) in [7, 11) is 0. The third-order valence-corrected chi connectivity index (χ3v) is 2.04. The molecule has 0 bridgehead atoms. The maximum absolute atomic E-state index is 5.82. The van der Waals surface area contributed by atoms with E-state index in [0.29, 0.717) is 0 Å². The molecular formula is C7H10ClN. The molecule has 9 heavy (non-hydrogen) atoms.